The largest absolute Gasteiger partial charge is 0.398 e. The third-order valence-corrected chi connectivity index (χ3v) is 3.89. The third-order valence-electron chi connectivity index (χ3n) is 2.32. The first-order valence-electron chi connectivity index (χ1n) is 5.08. The van der Waals surface area contributed by atoms with Gasteiger partial charge in [0, 0.05) is 16.3 Å². The maximum Gasteiger partial charge on any atom is 0.123 e. The number of anilines is 1. The van der Waals surface area contributed by atoms with E-state index in [0.717, 1.165) is 10.5 Å². The molecule has 4 heteroatoms. The van der Waals surface area contributed by atoms with Gasteiger partial charge in [0.15, 0.2) is 0 Å². The van der Waals surface area contributed by atoms with Gasteiger partial charge in [0.05, 0.1) is 5.02 Å². The molecule has 0 aliphatic rings. The Balaban J connectivity index is 2.12. The normalized spacial score (nSPS) is 10.5. The summed E-state index contributed by atoms with van der Waals surface area (Å²) in [6.45, 7) is 0. The van der Waals surface area contributed by atoms with Gasteiger partial charge in [-0.05, 0) is 35.9 Å². The van der Waals surface area contributed by atoms with Gasteiger partial charge in [-0.3, -0.25) is 0 Å². The van der Waals surface area contributed by atoms with E-state index in [9.17, 15) is 4.39 Å². The minimum atomic E-state index is -0.269. The summed E-state index contributed by atoms with van der Waals surface area (Å²) < 4.78 is 13.1. The van der Waals surface area contributed by atoms with Gasteiger partial charge in [0.1, 0.15) is 5.82 Å². The van der Waals surface area contributed by atoms with Crippen LogP contribution >= 0.6 is 23.4 Å². The molecule has 0 saturated heterocycles. The molecule has 0 aromatic heterocycles. The van der Waals surface area contributed by atoms with Crippen LogP contribution in [0.4, 0.5) is 10.1 Å². The molecule has 0 fully saturated rings. The molecule has 2 rings (SSSR count). The lowest BCUT2D eigenvalue weighted by Gasteiger charge is -2.06. The lowest BCUT2D eigenvalue weighted by Crippen LogP contribution is -1.93. The Morgan fingerprint density at radius 2 is 1.94 bits per heavy atom. The minimum absolute atomic E-state index is 0.269. The van der Waals surface area contributed by atoms with Crippen molar-refractivity contribution in [1.29, 1.82) is 0 Å². The van der Waals surface area contributed by atoms with Crippen LogP contribution < -0.4 is 5.73 Å². The number of hydrogen-bond acceptors (Lipinski definition) is 2. The molecule has 0 aliphatic carbocycles. The number of hydrogen-bond donors (Lipinski definition) is 1. The molecule has 2 N–H and O–H groups in total. The summed E-state index contributed by atoms with van der Waals surface area (Å²) in [6.07, 6.45) is 0. The first-order valence-corrected chi connectivity index (χ1v) is 6.44. The van der Waals surface area contributed by atoms with E-state index in [1.165, 1.54) is 12.1 Å². The van der Waals surface area contributed by atoms with Crippen LogP contribution in [0.1, 0.15) is 5.56 Å². The Labute approximate surface area is 109 Å². The molecule has 1 nitrogen and oxygen atoms in total. The zero-order valence-electron chi connectivity index (χ0n) is 8.99. The van der Waals surface area contributed by atoms with Crippen LogP contribution in [0.5, 0.6) is 0 Å². The van der Waals surface area contributed by atoms with Crippen LogP contribution in [-0.4, -0.2) is 0 Å². The van der Waals surface area contributed by atoms with E-state index in [2.05, 4.69) is 0 Å². The molecular weight excluding hydrogens is 257 g/mol. The monoisotopic (exact) mass is 267 g/mol. The molecule has 2 aromatic rings. The van der Waals surface area contributed by atoms with Gasteiger partial charge in [-0.1, -0.05) is 23.7 Å². The summed E-state index contributed by atoms with van der Waals surface area (Å²) in [5, 5.41) is 0.701. The van der Waals surface area contributed by atoms with Gasteiger partial charge >= 0.3 is 0 Å². The Bertz CT molecular complexity index is 531. The summed E-state index contributed by atoms with van der Waals surface area (Å²) in [4.78, 5) is 0.970. The molecule has 0 amide bonds. The van der Waals surface area contributed by atoms with Crippen molar-refractivity contribution in [3.63, 3.8) is 0 Å². The zero-order valence-corrected chi connectivity index (χ0v) is 10.6. The highest BCUT2D eigenvalue weighted by Gasteiger charge is 2.04. The average molecular weight is 268 g/mol. The molecule has 0 spiro atoms. The third kappa shape index (κ3) is 3.14. The Hall–Kier alpha value is -1.19. The van der Waals surface area contributed by atoms with E-state index in [1.807, 2.05) is 24.3 Å². The second-order valence-corrected chi connectivity index (χ2v) is 4.99. The minimum Gasteiger partial charge on any atom is -0.398 e. The molecule has 0 radical (unpaired) electrons. The van der Waals surface area contributed by atoms with E-state index in [0.29, 0.717) is 16.5 Å². The zero-order chi connectivity index (χ0) is 12.3. The number of benzene rings is 2. The lowest BCUT2D eigenvalue weighted by molar-refractivity contribution is 0.627. The van der Waals surface area contributed by atoms with E-state index in [-0.39, 0.29) is 5.82 Å². The Kier molecular flexibility index (Phi) is 3.92. The number of halogens is 2. The van der Waals surface area contributed by atoms with Gasteiger partial charge < -0.3 is 5.73 Å². The highest BCUT2D eigenvalue weighted by atomic mass is 35.5. The first kappa shape index (κ1) is 12.3. The fourth-order valence-corrected chi connectivity index (χ4v) is 2.66. The average Bonchev–Trinajstić information content (AvgIpc) is 2.32. The summed E-state index contributed by atoms with van der Waals surface area (Å²) in [7, 11) is 0. The van der Waals surface area contributed by atoms with Gasteiger partial charge in [-0.15, -0.1) is 11.8 Å². The van der Waals surface area contributed by atoms with Crippen molar-refractivity contribution in [2.24, 2.45) is 0 Å². The summed E-state index contributed by atoms with van der Waals surface area (Å²) in [5.74, 6) is 0.335. The molecule has 0 atom stereocenters. The number of nitrogens with two attached hydrogens (primary N) is 1. The van der Waals surface area contributed by atoms with Crippen LogP contribution in [0, 0.1) is 5.82 Å². The lowest BCUT2D eigenvalue weighted by atomic mass is 10.2. The standard InChI is InChI=1S/C13H11ClFNS/c14-11-3-1-2-4-13(11)17-8-9-7-10(15)5-6-12(9)16/h1-7H,8,16H2. The van der Waals surface area contributed by atoms with Crippen LogP contribution in [-0.2, 0) is 5.75 Å². The van der Waals surface area contributed by atoms with Crippen molar-refractivity contribution in [2.45, 2.75) is 10.6 Å². The quantitative estimate of drug-likeness (QED) is 0.661. The van der Waals surface area contributed by atoms with Crippen molar-refractivity contribution >= 4 is 29.1 Å². The molecule has 0 aliphatic heterocycles. The van der Waals surface area contributed by atoms with E-state index < -0.39 is 0 Å². The van der Waals surface area contributed by atoms with E-state index >= 15 is 0 Å². The Morgan fingerprint density at radius 1 is 1.18 bits per heavy atom. The van der Waals surface area contributed by atoms with Crippen LogP contribution in [0.3, 0.4) is 0 Å². The number of rotatable bonds is 3. The topological polar surface area (TPSA) is 26.0 Å². The summed E-state index contributed by atoms with van der Waals surface area (Å²) in [5.41, 5.74) is 7.17. The molecule has 0 unspecified atom stereocenters. The van der Waals surface area contributed by atoms with Crippen molar-refractivity contribution in [2.75, 3.05) is 5.73 Å². The number of nitrogen functional groups attached to an aromatic ring is 1. The molecule has 2 aromatic carbocycles. The smallest absolute Gasteiger partial charge is 0.123 e. The van der Waals surface area contributed by atoms with Gasteiger partial charge in [0.2, 0.25) is 0 Å². The van der Waals surface area contributed by atoms with Gasteiger partial charge in [0.25, 0.3) is 0 Å². The van der Waals surface area contributed by atoms with E-state index in [1.54, 1.807) is 17.8 Å². The SMILES string of the molecule is Nc1ccc(F)cc1CSc1ccccc1Cl. The predicted molar refractivity (Wildman–Crippen MR) is 71.8 cm³/mol. The Morgan fingerprint density at radius 3 is 2.71 bits per heavy atom. The van der Waals surface area contributed by atoms with Crippen molar-refractivity contribution in [1.82, 2.24) is 0 Å². The van der Waals surface area contributed by atoms with Crippen LogP contribution in [0.15, 0.2) is 47.4 Å². The van der Waals surface area contributed by atoms with Crippen molar-refractivity contribution < 1.29 is 4.39 Å². The molecule has 88 valence electrons. The maximum absolute atomic E-state index is 13.1. The highest BCUT2D eigenvalue weighted by molar-refractivity contribution is 7.98. The predicted octanol–water partition coefficient (Wildman–Crippen LogP) is 4.35. The van der Waals surface area contributed by atoms with Crippen LogP contribution in [0.25, 0.3) is 0 Å². The number of thioether (sulfide) groups is 1. The van der Waals surface area contributed by atoms with Gasteiger partial charge in [-0.25, -0.2) is 4.39 Å². The molecule has 0 heterocycles. The van der Waals surface area contributed by atoms with Crippen LogP contribution in [0.2, 0.25) is 5.02 Å². The second-order valence-electron chi connectivity index (χ2n) is 3.56. The van der Waals surface area contributed by atoms with Gasteiger partial charge in [-0.2, -0.15) is 0 Å². The molecule has 0 saturated carbocycles. The fourth-order valence-electron chi connectivity index (χ4n) is 1.42. The molecule has 0 bridgehead atoms. The summed E-state index contributed by atoms with van der Waals surface area (Å²) in [6, 6.07) is 12.0. The molecule has 17 heavy (non-hydrogen) atoms. The fraction of sp³-hybridized carbons (Fsp3) is 0.0769. The van der Waals surface area contributed by atoms with Crippen molar-refractivity contribution in [3.05, 3.63) is 58.9 Å². The highest BCUT2D eigenvalue weighted by Crippen LogP contribution is 2.30. The van der Waals surface area contributed by atoms with E-state index in [4.69, 9.17) is 17.3 Å². The second kappa shape index (κ2) is 5.43. The van der Waals surface area contributed by atoms with Crippen molar-refractivity contribution in [3.8, 4) is 0 Å². The summed E-state index contributed by atoms with van der Waals surface area (Å²) >= 11 is 7.58. The maximum atomic E-state index is 13.1. The first-order chi connectivity index (χ1) is 8.16. The molecular formula is C13H11ClFNS.